The minimum Gasteiger partial charge on any atom is -0.494 e. The van der Waals surface area contributed by atoms with E-state index in [9.17, 15) is 9.59 Å². The molecule has 0 N–H and O–H groups in total. The van der Waals surface area contributed by atoms with Crippen LogP contribution in [-0.4, -0.2) is 33.5 Å². The second-order valence-corrected chi connectivity index (χ2v) is 10.4. The van der Waals surface area contributed by atoms with Gasteiger partial charge in [0.05, 0.1) is 29.2 Å². The van der Waals surface area contributed by atoms with Crippen LogP contribution in [0.4, 0.5) is 0 Å². The molecule has 36 heavy (non-hydrogen) atoms. The Bertz CT molecular complexity index is 1230. The van der Waals surface area contributed by atoms with Crippen LogP contribution in [0.5, 0.6) is 5.75 Å². The van der Waals surface area contributed by atoms with Gasteiger partial charge >= 0.3 is 0 Å². The lowest BCUT2D eigenvalue weighted by molar-refractivity contribution is -0.134. The fourth-order valence-electron chi connectivity index (χ4n) is 5.32. The Hall–Kier alpha value is -3.15. The Kier molecular flexibility index (Phi) is 8.44. The average molecular weight is 490 g/mol. The number of ether oxygens (including phenoxy) is 1. The van der Waals surface area contributed by atoms with Crippen molar-refractivity contribution >= 4 is 16.8 Å². The molecule has 0 spiro atoms. The predicted molar refractivity (Wildman–Crippen MR) is 145 cm³/mol. The number of hydrogen-bond acceptors (Lipinski definition) is 4. The number of para-hydroxylation sites is 1. The summed E-state index contributed by atoms with van der Waals surface area (Å²) in [5.74, 6) is 2.43. The fourth-order valence-corrected chi connectivity index (χ4v) is 5.32. The van der Waals surface area contributed by atoms with Crippen molar-refractivity contribution in [2.24, 2.45) is 11.8 Å². The number of nitrogens with zero attached hydrogens (tertiary/aromatic N) is 3. The molecule has 1 saturated carbocycles. The van der Waals surface area contributed by atoms with Crippen molar-refractivity contribution in [3.8, 4) is 11.4 Å². The van der Waals surface area contributed by atoms with Gasteiger partial charge in [-0.15, -0.1) is 0 Å². The van der Waals surface area contributed by atoms with Gasteiger partial charge in [0.15, 0.2) is 0 Å². The summed E-state index contributed by atoms with van der Waals surface area (Å²) < 4.78 is 7.27. The molecule has 1 unspecified atom stereocenters. The van der Waals surface area contributed by atoms with E-state index in [2.05, 4.69) is 13.8 Å². The lowest BCUT2D eigenvalue weighted by Gasteiger charge is -2.32. The molecule has 1 amide bonds. The molecule has 0 bridgehead atoms. The van der Waals surface area contributed by atoms with Crippen LogP contribution in [0.2, 0.25) is 0 Å². The number of fused-ring (bicyclic) bond motifs is 1. The molecular formula is C30H39N3O3. The number of hydrogen-bond donors (Lipinski definition) is 0. The monoisotopic (exact) mass is 489 g/mol. The maximum atomic E-state index is 13.8. The molecule has 0 saturated heterocycles. The molecule has 4 rings (SSSR count). The van der Waals surface area contributed by atoms with Crippen molar-refractivity contribution in [1.82, 2.24) is 14.5 Å². The van der Waals surface area contributed by atoms with Crippen molar-refractivity contribution < 1.29 is 9.53 Å². The molecule has 6 nitrogen and oxygen atoms in total. The Morgan fingerprint density at radius 1 is 1.08 bits per heavy atom. The van der Waals surface area contributed by atoms with Crippen LogP contribution in [0.15, 0.2) is 53.3 Å². The van der Waals surface area contributed by atoms with Crippen LogP contribution in [0.25, 0.3) is 16.6 Å². The molecule has 1 aliphatic rings. The summed E-state index contributed by atoms with van der Waals surface area (Å²) in [7, 11) is 0. The molecule has 0 aliphatic heterocycles. The van der Waals surface area contributed by atoms with Gasteiger partial charge in [0.1, 0.15) is 11.6 Å². The summed E-state index contributed by atoms with van der Waals surface area (Å²) in [6.45, 7) is 9.38. The minimum absolute atomic E-state index is 0.130. The Labute approximate surface area is 214 Å². The molecule has 3 aromatic rings. The van der Waals surface area contributed by atoms with Gasteiger partial charge in [0.25, 0.3) is 5.56 Å². The smallest absolute Gasteiger partial charge is 0.266 e. The second kappa shape index (κ2) is 11.7. The van der Waals surface area contributed by atoms with Crippen LogP contribution >= 0.6 is 0 Å². The number of carbonyl (C=O) groups is 1. The Morgan fingerprint density at radius 2 is 1.78 bits per heavy atom. The van der Waals surface area contributed by atoms with Gasteiger partial charge in [-0.1, -0.05) is 51.7 Å². The van der Waals surface area contributed by atoms with Gasteiger partial charge in [-0.3, -0.25) is 14.2 Å². The summed E-state index contributed by atoms with van der Waals surface area (Å²) in [5.41, 5.74) is 1.23. The third kappa shape index (κ3) is 5.80. The van der Waals surface area contributed by atoms with E-state index in [-0.39, 0.29) is 17.5 Å². The molecule has 1 atom stereocenters. The minimum atomic E-state index is -0.354. The number of benzene rings is 2. The lowest BCUT2D eigenvalue weighted by atomic mass is 10.0. The molecule has 1 aliphatic carbocycles. The highest BCUT2D eigenvalue weighted by molar-refractivity contribution is 5.79. The van der Waals surface area contributed by atoms with E-state index in [1.807, 2.05) is 67.3 Å². The zero-order valence-electron chi connectivity index (χ0n) is 22.1. The average Bonchev–Trinajstić information content (AvgIpc) is 3.40. The van der Waals surface area contributed by atoms with Gasteiger partial charge in [-0.25, -0.2) is 4.98 Å². The predicted octanol–water partition coefficient (Wildman–Crippen LogP) is 6.30. The van der Waals surface area contributed by atoms with Gasteiger partial charge < -0.3 is 9.64 Å². The van der Waals surface area contributed by atoms with Gasteiger partial charge in [0.2, 0.25) is 5.91 Å². The summed E-state index contributed by atoms with van der Waals surface area (Å²) in [6.07, 6.45) is 6.51. The lowest BCUT2D eigenvalue weighted by Crippen LogP contribution is -2.39. The molecule has 1 aromatic heterocycles. The van der Waals surface area contributed by atoms with E-state index in [4.69, 9.17) is 9.72 Å². The largest absolute Gasteiger partial charge is 0.494 e. The SMILES string of the molecule is CCOc1ccc(-n2c(C(C)N(CC(C)C)C(=O)CCC3CCCC3)nc3ccccc3c2=O)cc1. The van der Waals surface area contributed by atoms with Gasteiger partial charge in [-0.2, -0.15) is 0 Å². The van der Waals surface area contributed by atoms with Gasteiger partial charge in [-0.05, 0) is 68.5 Å². The normalized spacial score (nSPS) is 14.9. The quantitative estimate of drug-likeness (QED) is 0.335. The third-order valence-corrected chi connectivity index (χ3v) is 7.17. The molecule has 1 heterocycles. The first-order valence-electron chi connectivity index (χ1n) is 13.4. The van der Waals surface area contributed by atoms with Crippen molar-refractivity contribution in [2.75, 3.05) is 13.2 Å². The number of amides is 1. The topological polar surface area (TPSA) is 64.4 Å². The summed E-state index contributed by atoms with van der Waals surface area (Å²) >= 11 is 0. The van der Waals surface area contributed by atoms with E-state index >= 15 is 0 Å². The van der Waals surface area contributed by atoms with Crippen molar-refractivity contribution in [3.05, 3.63) is 64.7 Å². The first-order chi connectivity index (χ1) is 17.4. The number of rotatable bonds is 10. The summed E-state index contributed by atoms with van der Waals surface area (Å²) in [5, 5.41) is 0.560. The highest BCUT2D eigenvalue weighted by atomic mass is 16.5. The molecule has 1 fully saturated rings. The molecule has 2 aromatic carbocycles. The third-order valence-electron chi connectivity index (χ3n) is 7.17. The van der Waals surface area contributed by atoms with E-state index in [0.717, 1.165) is 12.2 Å². The maximum Gasteiger partial charge on any atom is 0.266 e. The van der Waals surface area contributed by atoms with Crippen LogP contribution < -0.4 is 10.3 Å². The Morgan fingerprint density at radius 3 is 2.44 bits per heavy atom. The van der Waals surface area contributed by atoms with E-state index in [0.29, 0.717) is 53.8 Å². The number of carbonyl (C=O) groups excluding carboxylic acids is 1. The summed E-state index contributed by atoms with van der Waals surface area (Å²) in [4.78, 5) is 34.2. The maximum absolute atomic E-state index is 13.8. The van der Waals surface area contributed by atoms with Crippen molar-refractivity contribution in [2.45, 2.75) is 72.3 Å². The molecule has 0 radical (unpaired) electrons. The van der Waals surface area contributed by atoms with Gasteiger partial charge in [0, 0.05) is 13.0 Å². The first-order valence-corrected chi connectivity index (χ1v) is 13.4. The molecule has 6 heteroatoms. The summed E-state index contributed by atoms with van der Waals surface area (Å²) in [6, 6.07) is 14.6. The van der Waals surface area contributed by atoms with Crippen LogP contribution in [0.3, 0.4) is 0 Å². The van der Waals surface area contributed by atoms with E-state index < -0.39 is 0 Å². The molecule has 192 valence electrons. The zero-order chi connectivity index (χ0) is 25.7. The zero-order valence-corrected chi connectivity index (χ0v) is 22.1. The van der Waals surface area contributed by atoms with Crippen LogP contribution in [0.1, 0.15) is 78.1 Å². The highest BCUT2D eigenvalue weighted by Gasteiger charge is 2.28. The van der Waals surface area contributed by atoms with Crippen molar-refractivity contribution in [3.63, 3.8) is 0 Å². The first kappa shape index (κ1) is 25.9. The Balaban J connectivity index is 1.75. The standard InChI is InChI=1S/C30H39N3O3/c1-5-36-25-17-15-24(16-18-25)33-29(31-27-13-9-8-12-26(27)30(33)35)22(4)32(20-21(2)3)28(34)19-14-23-10-6-7-11-23/h8-9,12-13,15-18,21-23H,5-7,10-11,14,19-20H2,1-4H3. The highest BCUT2D eigenvalue weighted by Crippen LogP contribution is 2.30. The second-order valence-electron chi connectivity index (χ2n) is 10.4. The van der Waals surface area contributed by atoms with Crippen molar-refractivity contribution in [1.29, 1.82) is 0 Å². The number of aromatic nitrogens is 2. The van der Waals surface area contributed by atoms with Crippen LogP contribution in [0, 0.1) is 11.8 Å². The molecular weight excluding hydrogens is 450 g/mol. The fraction of sp³-hybridized carbons (Fsp3) is 0.500. The van der Waals surface area contributed by atoms with E-state index in [1.165, 1.54) is 25.7 Å². The van der Waals surface area contributed by atoms with Crippen LogP contribution in [-0.2, 0) is 4.79 Å². The van der Waals surface area contributed by atoms with E-state index in [1.54, 1.807) is 4.57 Å².